The van der Waals surface area contributed by atoms with E-state index < -0.39 is 0 Å². The summed E-state index contributed by atoms with van der Waals surface area (Å²) in [4.78, 5) is 0. The number of hydrogen-bond donors (Lipinski definition) is 4. The van der Waals surface area contributed by atoms with Crippen LogP contribution in [-0.2, 0) is 4.74 Å². The van der Waals surface area contributed by atoms with Crippen LogP contribution in [0.15, 0.2) is 0 Å². The van der Waals surface area contributed by atoms with Crippen molar-refractivity contribution in [3.63, 3.8) is 0 Å². The van der Waals surface area contributed by atoms with E-state index in [0.717, 1.165) is 19.4 Å². The Hall–Kier alpha value is -0.200. The Kier molecular flexibility index (Phi) is 8.27. The summed E-state index contributed by atoms with van der Waals surface area (Å²) in [7, 11) is 1.66. The van der Waals surface area contributed by atoms with E-state index in [1.165, 1.54) is 0 Å². The highest BCUT2D eigenvalue weighted by molar-refractivity contribution is 4.67. The summed E-state index contributed by atoms with van der Waals surface area (Å²) in [6.45, 7) is 1.97. The minimum atomic E-state index is -0.00917. The van der Waals surface area contributed by atoms with Crippen molar-refractivity contribution in [3.05, 3.63) is 0 Å². The van der Waals surface area contributed by atoms with Crippen LogP contribution in [-0.4, -0.2) is 39.0 Å². The smallest absolute Gasteiger partial charge is 0.109 e. The first-order chi connectivity index (χ1) is 6.24. The minimum absolute atomic E-state index is 0.00917. The van der Waals surface area contributed by atoms with Crippen LogP contribution in [0.3, 0.4) is 0 Å². The quantitative estimate of drug-likeness (QED) is 0.352. The van der Waals surface area contributed by atoms with Crippen LogP contribution in [0.5, 0.6) is 0 Å². The number of rotatable bonds is 8. The molecule has 0 aliphatic rings. The number of methoxy groups -OCH3 is 1. The molecular weight excluding hydrogens is 168 g/mol. The molecule has 5 heteroatoms. The van der Waals surface area contributed by atoms with Crippen LogP contribution in [0.25, 0.3) is 0 Å². The maximum absolute atomic E-state index is 5.80. The largest absolute Gasteiger partial charge is 0.367 e. The number of ether oxygens (including phenoxy) is 1. The van der Waals surface area contributed by atoms with Crippen LogP contribution >= 0.6 is 0 Å². The summed E-state index contributed by atoms with van der Waals surface area (Å²) in [6.07, 6.45) is 1.59. The molecular formula is C8H22N4O. The fraction of sp³-hybridized carbons (Fsp3) is 1.00. The zero-order valence-corrected chi connectivity index (χ0v) is 8.33. The zero-order chi connectivity index (χ0) is 10.1. The van der Waals surface area contributed by atoms with Crippen molar-refractivity contribution < 1.29 is 4.74 Å². The predicted molar refractivity (Wildman–Crippen MR) is 54.1 cm³/mol. The lowest BCUT2D eigenvalue weighted by Crippen LogP contribution is -2.40. The van der Waals surface area contributed by atoms with E-state index in [1.807, 2.05) is 0 Å². The fourth-order valence-corrected chi connectivity index (χ4v) is 1.11. The second kappa shape index (κ2) is 8.40. The highest BCUT2D eigenvalue weighted by Crippen LogP contribution is 1.99. The maximum Gasteiger partial charge on any atom is 0.109 e. The molecule has 0 rings (SSSR count). The Morgan fingerprint density at radius 1 is 1.31 bits per heavy atom. The van der Waals surface area contributed by atoms with Gasteiger partial charge in [0.05, 0.1) is 0 Å². The molecule has 0 radical (unpaired) electrons. The molecule has 2 atom stereocenters. The van der Waals surface area contributed by atoms with Gasteiger partial charge in [-0.2, -0.15) is 0 Å². The molecule has 0 bridgehead atoms. The SMILES string of the molecule is COC(CC(N)CCN)NCCN. The summed E-state index contributed by atoms with van der Waals surface area (Å²) in [6, 6.07) is 0.0974. The zero-order valence-electron chi connectivity index (χ0n) is 8.33. The molecule has 0 aliphatic carbocycles. The fourth-order valence-electron chi connectivity index (χ4n) is 1.11. The van der Waals surface area contributed by atoms with E-state index in [0.29, 0.717) is 13.1 Å². The third-order valence-corrected chi connectivity index (χ3v) is 1.86. The molecule has 7 N–H and O–H groups in total. The molecule has 80 valence electrons. The van der Waals surface area contributed by atoms with Crippen molar-refractivity contribution in [1.29, 1.82) is 0 Å². The topological polar surface area (TPSA) is 99.3 Å². The van der Waals surface area contributed by atoms with Gasteiger partial charge in [-0.1, -0.05) is 0 Å². The molecule has 0 aromatic heterocycles. The van der Waals surface area contributed by atoms with Gasteiger partial charge in [-0.15, -0.1) is 0 Å². The lowest BCUT2D eigenvalue weighted by atomic mass is 10.1. The standard InChI is InChI=1S/C8H22N4O/c1-13-8(12-5-4-10)6-7(11)2-3-9/h7-8,12H,2-6,9-11H2,1H3. The van der Waals surface area contributed by atoms with Gasteiger partial charge in [0, 0.05) is 32.7 Å². The highest BCUT2D eigenvalue weighted by Gasteiger charge is 2.10. The van der Waals surface area contributed by atoms with Crippen molar-refractivity contribution in [2.45, 2.75) is 25.1 Å². The van der Waals surface area contributed by atoms with Crippen LogP contribution in [0.1, 0.15) is 12.8 Å². The monoisotopic (exact) mass is 190 g/mol. The Morgan fingerprint density at radius 2 is 2.00 bits per heavy atom. The van der Waals surface area contributed by atoms with Crippen LogP contribution in [0.4, 0.5) is 0 Å². The van der Waals surface area contributed by atoms with Gasteiger partial charge in [0.15, 0.2) is 0 Å². The third kappa shape index (κ3) is 6.92. The Balaban J connectivity index is 3.56. The summed E-state index contributed by atoms with van der Waals surface area (Å²) in [5.41, 5.74) is 16.5. The van der Waals surface area contributed by atoms with Crippen LogP contribution in [0.2, 0.25) is 0 Å². The summed E-state index contributed by atoms with van der Waals surface area (Å²) in [5.74, 6) is 0. The van der Waals surface area contributed by atoms with E-state index in [1.54, 1.807) is 7.11 Å². The van der Waals surface area contributed by atoms with Gasteiger partial charge >= 0.3 is 0 Å². The van der Waals surface area contributed by atoms with Crippen LogP contribution in [0, 0.1) is 0 Å². The van der Waals surface area contributed by atoms with E-state index in [9.17, 15) is 0 Å². The Bertz CT molecular complexity index is 112. The normalized spacial score (nSPS) is 15.7. The van der Waals surface area contributed by atoms with Crippen molar-refractivity contribution in [1.82, 2.24) is 5.32 Å². The molecule has 0 aliphatic heterocycles. The van der Waals surface area contributed by atoms with Crippen molar-refractivity contribution in [2.75, 3.05) is 26.7 Å². The Morgan fingerprint density at radius 3 is 2.46 bits per heavy atom. The van der Waals surface area contributed by atoms with Crippen molar-refractivity contribution in [2.24, 2.45) is 17.2 Å². The van der Waals surface area contributed by atoms with Gasteiger partial charge in [-0.25, -0.2) is 0 Å². The first-order valence-corrected chi connectivity index (χ1v) is 4.66. The van der Waals surface area contributed by atoms with Crippen molar-refractivity contribution in [3.8, 4) is 0 Å². The maximum atomic E-state index is 5.80. The van der Waals surface area contributed by atoms with Gasteiger partial charge in [-0.3, -0.25) is 5.32 Å². The number of hydrogen-bond acceptors (Lipinski definition) is 5. The van der Waals surface area contributed by atoms with E-state index >= 15 is 0 Å². The first-order valence-electron chi connectivity index (χ1n) is 4.66. The highest BCUT2D eigenvalue weighted by atomic mass is 16.5. The van der Waals surface area contributed by atoms with Gasteiger partial charge < -0.3 is 21.9 Å². The first kappa shape index (κ1) is 12.8. The summed E-state index contributed by atoms with van der Waals surface area (Å²) < 4.78 is 5.18. The molecule has 0 fully saturated rings. The van der Waals surface area contributed by atoms with Gasteiger partial charge in [0.2, 0.25) is 0 Å². The van der Waals surface area contributed by atoms with Gasteiger partial charge in [0.1, 0.15) is 6.23 Å². The molecule has 13 heavy (non-hydrogen) atoms. The van der Waals surface area contributed by atoms with Gasteiger partial charge in [0.25, 0.3) is 0 Å². The molecule has 0 spiro atoms. The predicted octanol–water partition coefficient (Wildman–Crippen LogP) is -1.43. The van der Waals surface area contributed by atoms with Gasteiger partial charge in [-0.05, 0) is 13.0 Å². The van der Waals surface area contributed by atoms with E-state index in [-0.39, 0.29) is 12.3 Å². The average Bonchev–Trinajstić information content (AvgIpc) is 2.12. The second-order valence-electron chi connectivity index (χ2n) is 3.04. The van der Waals surface area contributed by atoms with E-state index in [2.05, 4.69) is 5.32 Å². The molecule has 0 amide bonds. The molecule has 0 heterocycles. The Labute approximate surface area is 80.0 Å². The lowest BCUT2D eigenvalue weighted by Gasteiger charge is -2.20. The molecule has 0 aromatic rings. The molecule has 0 aromatic carbocycles. The van der Waals surface area contributed by atoms with Crippen LogP contribution < -0.4 is 22.5 Å². The summed E-state index contributed by atoms with van der Waals surface area (Å²) >= 11 is 0. The second-order valence-corrected chi connectivity index (χ2v) is 3.04. The molecule has 0 saturated carbocycles. The average molecular weight is 190 g/mol. The van der Waals surface area contributed by atoms with E-state index in [4.69, 9.17) is 21.9 Å². The number of nitrogens with one attached hydrogen (secondary N) is 1. The molecule has 2 unspecified atom stereocenters. The molecule has 5 nitrogen and oxygen atoms in total. The number of nitrogens with two attached hydrogens (primary N) is 3. The lowest BCUT2D eigenvalue weighted by molar-refractivity contribution is 0.0618. The molecule has 0 saturated heterocycles. The third-order valence-electron chi connectivity index (χ3n) is 1.86. The van der Waals surface area contributed by atoms with Crippen molar-refractivity contribution >= 4 is 0 Å². The minimum Gasteiger partial charge on any atom is -0.367 e. The summed E-state index contributed by atoms with van der Waals surface area (Å²) in [5, 5.41) is 3.14.